The number of rotatable bonds is 6. The van der Waals surface area contributed by atoms with Crippen molar-refractivity contribution in [2.24, 2.45) is 10.3 Å². The predicted octanol–water partition coefficient (Wildman–Crippen LogP) is 4.00. The standard InChI is InChI=1S/C19H18F3N3O2S/c1-23-18(28)17(25-27-3)15-10-5-4-9-14(15)16(24-26-2)12-7-6-8-13(11-12)19(20,21)22/h4-11H,1-3H3,(H,23,28). The second-order valence-electron chi connectivity index (χ2n) is 5.45. The Balaban J connectivity index is 2.69. The van der Waals surface area contributed by atoms with Crippen molar-refractivity contribution in [3.8, 4) is 0 Å². The van der Waals surface area contributed by atoms with Crippen molar-refractivity contribution in [1.82, 2.24) is 5.32 Å². The minimum atomic E-state index is -4.48. The van der Waals surface area contributed by atoms with Crippen LogP contribution in [-0.4, -0.2) is 37.7 Å². The number of halogens is 3. The molecule has 0 atom stereocenters. The Kier molecular flexibility index (Phi) is 7.11. The van der Waals surface area contributed by atoms with E-state index in [1.165, 1.54) is 26.4 Å². The van der Waals surface area contributed by atoms with Gasteiger partial charge in [-0.25, -0.2) is 0 Å². The van der Waals surface area contributed by atoms with E-state index >= 15 is 0 Å². The molecule has 0 unspecified atom stereocenters. The number of oxime groups is 2. The Morgan fingerprint density at radius 1 is 0.964 bits per heavy atom. The molecule has 148 valence electrons. The summed E-state index contributed by atoms with van der Waals surface area (Å²) in [5.74, 6) is 0. The molecular weight excluding hydrogens is 391 g/mol. The average Bonchev–Trinajstić information content (AvgIpc) is 2.69. The number of thiocarbonyl (C=S) groups is 1. The van der Waals surface area contributed by atoms with Crippen LogP contribution in [0.25, 0.3) is 0 Å². The molecule has 0 saturated carbocycles. The molecule has 0 heterocycles. The molecule has 2 aromatic rings. The third-order valence-electron chi connectivity index (χ3n) is 3.71. The molecule has 0 saturated heterocycles. The van der Waals surface area contributed by atoms with E-state index in [1.807, 2.05) is 0 Å². The molecule has 0 radical (unpaired) electrons. The summed E-state index contributed by atoms with van der Waals surface area (Å²) in [5.41, 5.74) is 0.964. The van der Waals surface area contributed by atoms with Gasteiger partial charge in [0.2, 0.25) is 0 Å². The van der Waals surface area contributed by atoms with Crippen LogP contribution in [0.5, 0.6) is 0 Å². The fourth-order valence-corrected chi connectivity index (χ4v) is 2.66. The Morgan fingerprint density at radius 3 is 2.18 bits per heavy atom. The van der Waals surface area contributed by atoms with Gasteiger partial charge >= 0.3 is 6.18 Å². The van der Waals surface area contributed by atoms with Crippen molar-refractivity contribution in [1.29, 1.82) is 0 Å². The summed E-state index contributed by atoms with van der Waals surface area (Å²) in [7, 11) is 4.32. The summed E-state index contributed by atoms with van der Waals surface area (Å²) in [6.45, 7) is 0. The third kappa shape index (κ3) is 4.86. The highest BCUT2D eigenvalue weighted by molar-refractivity contribution is 7.82. The first-order chi connectivity index (χ1) is 13.3. The highest BCUT2D eigenvalue weighted by atomic mass is 32.1. The maximum atomic E-state index is 13.1. The molecule has 0 aliphatic rings. The lowest BCUT2D eigenvalue weighted by Crippen LogP contribution is -2.28. The van der Waals surface area contributed by atoms with E-state index in [9.17, 15) is 13.2 Å². The van der Waals surface area contributed by atoms with E-state index in [2.05, 4.69) is 15.6 Å². The summed E-state index contributed by atoms with van der Waals surface area (Å²) >= 11 is 5.28. The Hall–Kier alpha value is -2.94. The molecule has 0 amide bonds. The number of benzene rings is 2. The molecule has 9 heteroatoms. The SMILES string of the molecule is CNC(=S)C(=NOC)c1ccccc1C(=NOC)c1cccc(C(F)(F)F)c1. The largest absolute Gasteiger partial charge is 0.416 e. The zero-order chi connectivity index (χ0) is 20.7. The number of likely N-dealkylation sites (N-methyl/N-ethyl adjacent to an activating group) is 1. The highest BCUT2D eigenvalue weighted by Crippen LogP contribution is 2.30. The average molecular weight is 409 g/mol. The molecule has 2 aromatic carbocycles. The summed E-state index contributed by atoms with van der Waals surface area (Å²) < 4.78 is 39.4. The quantitative estimate of drug-likeness (QED) is 0.445. The molecule has 2 rings (SSSR count). The van der Waals surface area contributed by atoms with Gasteiger partial charge < -0.3 is 15.0 Å². The molecule has 28 heavy (non-hydrogen) atoms. The highest BCUT2D eigenvalue weighted by Gasteiger charge is 2.31. The number of alkyl halides is 3. The van der Waals surface area contributed by atoms with Crippen LogP contribution in [0.1, 0.15) is 22.3 Å². The Morgan fingerprint density at radius 2 is 1.61 bits per heavy atom. The summed E-state index contributed by atoms with van der Waals surface area (Å²) in [5, 5.41) is 10.7. The third-order valence-corrected chi connectivity index (χ3v) is 4.11. The van der Waals surface area contributed by atoms with Crippen LogP contribution >= 0.6 is 12.2 Å². The molecule has 0 spiro atoms. The number of hydrogen-bond acceptors (Lipinski definition) is 5. The fourth-order valence-electron chi connectivity index (χ4n) is 2.51. The van der Waals surface area contributed by atoms with Crippen molar-refractivity contribution < 1.29 is 22.8 Å². The number of hydrogen-bond donors (Lipinski definition) is 1. The minimum Gasteiger partial charge on any atom is -0.399 e. The minimum absolute atomic E-state index is 0.201. The Bertz CT molecular complexity index is 911. The molecule has 0 fully saturated rings. The number of nitrogens with zero attached hydrogens (tertiary/aromatic N) is 2. The molecule has 1 N–H and O–H groups in total. The van der Waals surface area contributed by atoms with E-state index in [4.69, 9.17) is 21.9 Å². The van der Waals surface area contributed by atoms with Crippen LogP contribution in [0.15, 0.2) is 58.8 Å². The lowest BCUT2D eigenvalue weighted by Gasteiger charge is -2.15. The van der Waals surface area contributed by atoms with Crippen molar-refractivity contribution in [2.45, 2.75) is 6.18 Å². The monoisotopic (exact) mass is 409 g/mol. The van der Waals surface area contributed by atoms with Gasteiger partial charge in [0.15, 0.2) is 0 Å². The van der Waals surface area contributed by atoms with Gasteiger partial charge in [-0.15, -0.1) is 0 Å². The lowest BCUT2D eigenvalue weighted by atomic mass is 9.94. The van der Waals surface area contributed by atoms with Crippen LogP contribution in [0, 0.1) is 0 Å². The van der Waals surface area contributed by atoms with Crippen molar-refractivity contribution in [2.75, 3.05) is 21.3 Å². The first-order valence-electron chi connectivity index (χ1n) is 8.05. The van der Waals surface area contributed by atoms with Gasteiger partial charge in [0.05, 0.1) is 5.56 Å². The van der Waals surface area contributed by atoms with Crippen LogP contribution < -0.4 is 5.32 Å². The first kappa shape index (κ1) is 21.4. The van der Waals surface area contributed by atoms with E-state index < -0.39 is 11.7 Å². The number of nitrogens with one attached hydrogen (secondary N) is 1. The summed E-state index contributed by atoms with van der Waals surface area (Å²) in [4.78, 5) is 10.1. The van der Waals surface area contributed by atoms with Gasteiger partial charge in [-0.1, -0.05) is 58.9 Å². The molecule has 0 aromatic heterocycles. The van der Waals surface area contributed by atoms with Gasteiger partial charge in [0, 0.05) is 23.7 Å². The van der Waals surface area contributed by atoms with Crippen molar-refractivity contribution in [3.05, 3.63) is 70.8 Å². The Labute approximate surface area is 165 Å². The van der Waals surface area contributed by atoms with Crippen LogP contribution in [0.2, 0.25) is 0 Å². The topological polar surface area (TPSA) is 55.2 Å². The van der Waals surface area contributed by atoms with Gasteiger partial charge in [-0.3, -0.25) is 0 Å². The second-order valence-corrected chi connectivity index (χ2v) is 5.86. The van der Waals surface area contributed by atoms with Crippen LogP contribution in [0.4, 0.5) is 13.2 Å². The predicted molar refractivity (Wildman–Crippen MR) is 106 cm³/mol. The molecule has 0 bridgehead atoms. The fraction of sp³-hybridized carbons (Fsp3) is 0.211. The van der Waals surface area contributed by atoms with E-state index in [0.29, 0.717) is 21.8 Å². The first-order valence-corrected chi connectivity index (χ1v) is 8.46. The molecule has 5 nitrogen and oxygen atoms in total. The maximum Gasteiger partial charge on any atom is 0.416 e. The smallest absolute Gasteiger partial charge is 0.399 e. The molecule has 0 aliphatic carbocycles. The van der Waals surface area contributed by atoms with Gasteiger partial charge in [0.25, 0.3) is 0 Å². The van der Waals surface area contributed by atoms with Gasteiger partial charge in [-0.05, 0) is 12.1 Å². The van der Waals surface area contributed by atoms with E-state index in [-0.39, 0.29) is 11.3 Å². The van der Waals surface area contributed by atoms with E-state index in [0.717, 1.165) is 12.1 Å². The summed E-state index contributed by atoms with van der Waals surface area (Å²) in [6.07, 6.45) is -4.48. The van der Waals surface area contributed by atoms with E-state index in [1.54, 1.807) is 31.3 Å². The second kappa shape index (κ2) is 9.32. The lowest BCUT2D eigenvalue weighted by molar-refractivity contribution is -0.137. The molecule has 0 aliphatic heterocycles. The zero-order valence-electron chi connectivity index (χ0n) is 15.4. The van der Waals surface area contributed by atoms with Crippen molar-refractivity contribution in [3.63, 3.8) is 0 Å². The normalized spacial score (nSPS) is 12.5. The summed E-state index contributed by atoms with van der Waals surface area (Å²) in [6, 6.07) is 11.7. The molecular formula is C19H18F3N3O2S. The van der Waals surface area contributed by atoms with Gasteiger partial charge in [-0.2, -0.15) is 13.2 Å². The van der Waals surface area contributed by atoms with Crippen LogP contribution in [-0.2, 0) is 15.9 Å². The van der Waals surface area contributed by atoms with Crippen LogP contribution in [0.3, 0.4) is 0 Å². The van der Waals surface area contributed by atoms with Crippen molar-refractivity contribution >= 4 is 28.6 Å². The zero-order valence-corrected chi connectivity index (χ0v) is 16.2. The maximum absolute atomic E-state index is 13.1. The van der Waals surface area contributed by atoms with Gasteiger partial charge in [0.1, 0.15) is 30.6 Å².